The fourth-order valence-electron chi connectivity index (χ4n) is 3.44. The van der Waals surface area contributed by atoms with Gasteiger partial charge in [-0.25, -0.2) is 4.98 Å². The Balaban J connectivity index is 1.47. The summed E-state index contributed by atoms with van der Waals surface area (Å²) in [6.07, 6.45) is 5.37. The molecule has 1 atom stereocenters. The highest BCUT2D eigenvalue weighted by Gasteiger charge is 2.26. The molecule has 0 saturated carbocycles. The number of hydrogen-bond donors (Lipinski definition) is 1. The van der Waals surface area contributed by atoms with Gasteiger partial charge in [0.05, 0.1) is 16.8 Å². The number of thiazole rings is 1. The predicted molar refractivity (Wildman–Crippen MR) is 100 cm³/mol. The van der Waals surface area contributed by atoms with Crippen molar-refractivity contribution in [2.45, 2.75) is 51.7 Å². The number of aliphatic hydroxyl groups excluding tert-OH is 1. The lowest BCUT2D eigenvalue weighted by Gasteiger charge is -2.34. The first-order chi connectivity index (χ1) is 11.8. The van der Waals surface area contributed by atoms with E-state index in [1.807, 2.05) is 30.3 Å². The molecule has 2 heterocycles. The molecule has 1 saturated heterocycles. The van der Waals surface area contributed by atoms with Crippen molar-refractivity contribution in [3.05, 3.63) is 52.0 Å². The lowest BCUT2D eigenvalue weighted by Crippen LogP contribution is -2.35. The van der Waals surface area contributed by atoms with E-state index in [1.54, 1.807) is 11.3 Å². The molecular weight excluding hydrogens is 316 g/mol. The number of aryl methyl sites for hydroxylation is 1. The number of hydrogen-bond acceptors (Lipinski definition) is 4. The van der Waals surface area contributed by atoms with E-state index in [2.05, 4.69) is 17.2 Å². The van der Waals surface area contributed by atoms with Crippen LogP contribution in [0, 0.1) is 5.92 Å². The average molecular weight is 345 g/mol. The minimum absolute atomic E-state index is 0.326. The molecule has 1 aromatic heterocycles. The summed E-state index contributed by atoms with van der Waals surface area (Å²) in [6.45, 7) is 5.28. The molecular formula is C20H28N2OS. The zero-order valence-electron chi connectivity index (χ0n) is 14.5. The molecule has 0 bridgehead atoms. The van der Waals surface area contributed by atoms with Crippen molar-refractivity contribution in [1.29, 1.82) is 0 Å². The number of aromatic nitrogens is 1. The molecule has 0 spiro atoms. The van der Waals surface area contributed by atoms with Gasteiger partial charge >= 0.3 is 0 Å². The lowest BCUT2D eigenvalue weighted by molar-refractivity contribution is 0.0565. The molecule has 0 amide bonds. The molecule has 3 rings (SSSR count). The second-order valence-corrected chi connectivity index (χ2v) is 7.75. The Morgan fingerprint density at radius 1 is 1.25 bits per heavy atom. The van der Waals surface area contributed by atoms with Gasteiger partial charge in [-0.15, -0.1) is 11.3 Å². The van der Waals surface area contributed by atoms with Crippen LogP contribution >= 0.6 is 11.3 Å². The first-order valence-corrected chi connectivity index (χ1v) is 10.0. The number of rotatable bonds is 7. The summed E-state index contributed by atoms with van der Waals surface area (Å²) in [7, 11) is 0. The maximum atomic E-state index is 10.6. The molecule has 0 radical (unpaired) electrons. The van der Waals surface area contributed by atoms with E-state index in [0.29, 0.717) is 5.92 Å². The maximum absolute atomic E-state index is 10.6. The van der Waals surface area contributed by atoms with Gasteiger partial charge in [0, 0.05) is 11.9 Å². The van der Waals surface area contributed by atoms with Gasteiger partial charge in [-0.3, -0.25) is 4.90 Å². The number of aliphatic hydroxyl groups is 1. The smallest absolute Gasteiger partial charge is 0.0928 e. The SMILES string of the molecule is CCCCc1nc(CN2CCC(C(O)c3ccccc3)CC2)cs1. The molecule has 0 aliphatic carbocycles. The van der Waals surface area contributed by atoms with Gasteiger partial charge in [-0.05, 0) is 50.3 Å². The van der Waals surface area contributed by atoms with Crippen LogP contribution in [0.15, 0.2) is 35.7 Å². The zero-order chi connectivity index (χ0) is 16.8. The third-order valence-electron chi connectivity index (χ3n) is 4.95. The summed E-state index contributed by atoms with van der Waals surface area (Å²) in [5.74, 6) is 0.374. The first kappa shape index (κ1) is 17.6. The van der Waals surface area contributed by atoms with Gasteiger partial charge in [0.25, 0.3) is 0 Å². The topological polar surface area (TPSA) is 36.4 Å². The van der Waals surface area contributed by atoms with Crippen LogP contribution in [0.2, 0.25) is 0 Å². The van der Waals surface area contributed by atoms with Crippen LogP contribution in [-0.2, 0) is 13.0 Å². The van der Waals surface area contributed by atoms with E-state index < -0.39 is 0 Å². The summed E-state index contributed by atoms with van der Waals surface area (Å²) in [6, 6.07) is 10.1. The first-order valence-electron chi connectivity index (χ1n) is 9.15. The van der Waals surface area contributed by atoms with Gasteiger partial charge in [-0.1, -0.05) is 43.7 Å². The molecule has 4 heteroatoms. The number of likely N-dealkylation sites (tertiary alicyclic amines) is 1. The Hall–Kier alpha value is -1.23. The molecule has 24 heavy (non-hydrogen) atoms. The Morgan fingerprint density at radius 3 is 2.71 bits per heavy atom. The summed E-state index contributed by atoms with van der Waals surface area (Å²) in [5, 5.41) is 14.1. The zero-order valence-corrected chi connectivity index (χ0v) is 15.3. The van der Waals surface area contributed by atoms with Gasteiger partial charge in [0.1, 0.15) is 0 Å². The second kappa shape index (κ2) is 8.75. The highest BCUT2D eigenvalue weighted by atomic mass is 32.1. The quantitative estimate of drug-likeness (QED) is 0.807. The van der Waals surface area contributed by atoms with E-state index >= 15 is 0 Å². The molecule has 1 N–H and O–H groups in total. The van der Waals surface area contributed by atoms with Crippen LogP contribution in [0.1, 0.15) is 55.0 Å². The number of piperidine rings is 1. The van der Waals surface area contributed by atoms with Crippen LogP contribution < -0.4 is 0 Å². The third-order valence-corrected chi connectivity index (χ3v) is 5.91. The van der Waals surface area contributed by atoms with Gasteiger partial charge < -0.3 is 5.11 Å². The molecule has 130 valence electrons. The third kappa shape index (κ3) is 4.65. The molecule has 1 aliphatic rings. The Labute approximate surface area is 149 Å². The minimum atomic E-state index is -0.326. The Bertz CT molecular complexity index is 605. The van der Waals surface area contributed by atoms with Crippen LogP contribution in [0.25, 0.3) is 0 Å². The second-order valence-electron chi connectivity index (χ2n) is 6.81. The number of nitrogens with zero attached hydrogens (tertiary/aromatic N) is 2. The standard InChI is InChI=1S/C20H28N2OS/c1-2-3-9-19-21-18(15-24-19)14-22-12-10-17(11-13-22)20(23)16-7-5-4-6-8-16/h4-8,15,17,20,23H,2-3,9-14H2,1H3. The summed E-state index contributed by atoms with van der Waals surface area (Å²) in [5.41, 5.74) is 2.27. The van der Waals surface area contributed by atoms with E-state index in [4.69, 9.17) is 4.98 Å². The van der Waals surface area contributed by atoms with Crippen molar-refractivity contribution in [2.24, 2.45) is 5.92 Å². The monoisotopic (exact) mass is 344 g/mol. The maximum Gasteiger partial charge on any atom is 0.0928 e. The van der Waals surface area contributed by atoms with E-state index in [0.717, 1.165) is 44.5 Å². The van der Waals surface area contributed by atoms with Crippen LogP contribution in [0.4, 0.5) is 0 Å². The molecule has 1 aromatic carbocycles. The molecule has 1 fully saturated rings. The minimum Gasteiger partial charge on any atom is -0.388 e. The van der Waals surface area contributed by atoms with Crippen molar-refractivity contribution in [3.8, 4) is 0 Å². The van der Waals surface area contributed by atoms with Gasteiger partial charge in [0.15, 0.2) is 0 Å². The summed E-state index contributed by atoms with van der Waals surface area (Å²) >= 11 is 1.80. The number of benzene rings is 1. The van der Waals surface area contributed by atoms with Gasteiger partial charge in [-0.2, -0.15) is 0 Å². The van der Waals surface area contributed by atoms with Crippen molar-refractivity contribution in [3.63, 3.8) is 0 Å². The van der Waals surface area contributed by atoms with Gasteiger partial charge in [0.2, 0.25) is 0 Å². The van der Waals surface area contributed by atoms with E-state index in [9.17, 15) is 5.11 Å². The Morgan fingerprint density at radius 2 is 2.00 bits per heavy atom. The highest BCUT2D eigenvalue weighted by Crippen LogP contribution is 2.31. The Kier molecular flexibility index (Phi) is 6.41. The molecule has 2 aromatic rings. The summed E-state index contributed by atoms with van der Waals surface area (Å²) in [4.78, 5) is 7.25. The van der Waals surface area contributed by atoms with Crippen LogP contribution in [0.3, 0.4) is 0 Å². The fourth-order valence-corrected chi connectivity index (χ4v) is 4.27. The predicted octanol–water partition coefficient (Wildman–Crippen LogP) is 4.43. The average Bonchev–Trinajstić information content (AvgIpc) is 3.08. The van der Waals surface area contributed by atoms with E-state index in [-0.39, 0.29) is 6.10 Å². The number of unbranched alkanes of at least 4 members (excludes halogenated alkanes) is 1. The van der Waals surface area contributed by atoms with E-state index in [1.165, 1.54) is 23.5 Å². The fraction of sp³-hybridized carbons (Fsp3) is 0.550. The lowest BCUT2D eigenvalue weighted by atomic mass is 9.87. The molecule has 3 nitrogen and oxygen atoms in total. The van der Waals surface area contributed by atoms with Crippen LogP contribution in [0.5, 0.6) is 0 Å². The molecule has 1 unspecified atom stereocenters. The normalized spacial score (nSPS) is 17.9. The van der Waals surface area contributed by atoms with Crippen molar-refractivity contribution < 1.29 is 5.11 Å². The van der Waals surface area contributed by atoms with Crippen molar-refractivity contribution in [1.82, 2.24) is 9.88 Å². The summed E-state index contributed by atoms with van der Waals surface area (Å²) < 4.78 is 0. The molecule has 1 aliphatic heterocycles. The largest absolute Gasteiger partial charge is 0.388 e. The van der Waals surface area contributed by atoms with Crippen molar-refractivity contribution >= 4 is 11.3 Å². The highest BCUT2D eigenvalue weighted by molar-refractivity contribution is 7.09. The van der Waals surface area contributed by atoms with Crippen molar-refractivity contribution in [2.75, 3.05) is 13.1 Å². The van der Waals surface area contributed by atoms with Crippen LogP contribution in [-0.4, -0.2) is 28.1 Å².